The lowest BCUT2D eigenvalue weighted by Gasteiger charge is -2.21. The van der Waals surface area contributed by atoms with Gasteiger partial charge in [0, 0.05) is 0 Å². The molecule has 0 aliphatic carbocycles. The predicted molar refractivity (Wildman–Crippen MR) is 89.8 cm³/mol. The molecule has 0 saturated carbocycles. The number of nitro groups is 1. The van der Waals surface area contributed by atoms with Gasteiger partial charge in [-0.15, -0.1) is 0 Å². The number of carboxylic acids is 1. The fraction of sp³-hybridized carbons (Fsp3) is 0.500. The summed E-state index contributed by atoms with van der Waals surface area (Å²) >= 11 is 0. The van der Waals surface area contributed by atoms with Gasteiger partial charge in [-0.3, -0.25) is 10.1 Å². The van der Waals surface area contributed by atoms with Crippen LogP contribution >= 0.6 is 0 Å². The molecule has 0 bridgehead atoms. The van der Waals surface area contributed by atoms with Crippen molar-refractivity contribution < 1.29 is 33.8 Å². The summed E-state index contributed by atoms with van der Waals surface area (Å²) in [4.78, 5) is 33.5. The number of carbonyl (C=O) groups excluding carboxylic acids is 1. The largest absolute Gasteiger partial charge is 0.493 e. The summed E-state index contributed by atoms with van der Waals surface area (Å²) in [5.74, 6) is -0.848. The fourth-order valence-electron chi connectivity index (χ4n) is 2.19. The summed E-state index contributed by atoms with van der Waals surface area (Å²) in [6, 6.07) is 4.79. The van der Waals surface area contributed by atoms with E-state index < -0.39 is 22.6 Å². The maximum atomic E-state index is 11.9. The van der Waals surface area contributed by atoms with Crippen molar-refractivity contribution in [3.8, 4) is 11.5 Å². The van der Waals surface area contributed by atoms with Gasteiger partial charge in [0.2, 0.25) is 0 Å². The highest BCUT2D eigenvalue weighted by Crippen LogP contribution is 2.27. The molecule has 0 fully saturated rings. The number of carbonyl (C=O) groups is 2. The Hall–Kier alpha value is -3.04. The number of nitrogens with one attached hydrogen (secondary N) is 1. The normalized spacial score (nSPS) is 12.6. The number of methoxy groups -OCH3 is 2. The average molecular weight is 370 g/mol. The molecule has 144 valence electrons. The molecule has 0 spiro atoms. The first kappa shape index (κ1) is 21.0. The Labute approximate surface area is 150 Å². The first-order valence-electron chi connectivity index (χ1n) is 7.84. The number of amides is 1. The van der Waals surface area contributed by atoms with Crippen molar-refractivity contribution >= 4 is 12.1 Å². The van der Waals surface area contributed by atoms with Gasteiger partial charge >= 0.3 is 17.7 Å². The van der Waals surface area contributed by atoms with E-state index in [-0.39, 0.29) is 19.4 Å². The fourth-order valence-corrected chi connectivity index (χ4v) is 2.19. The number of carboxylic acid groups (broad SMARTS) is 1. The zero-order valence-electron chi connectivity index (χ0n) is 14.8. The Balaban J connectivity index is 2.83. The predicted octanol–water partition coefficient (Wildman–Crippen LogP) is 2.18. The molecule has 0 heterocycles. The smallest absolute Gasteiger partial charge is 0.413 e. The monoisotopic (exact) mass is 370 g/mol. The maximum Gasteiger partial charge on any atom is 0.413 e. The number of unbranched alkanes of at least 4 members (excludes halogenated alkanes) is 1. The molecular weight excluding hydrogens is 348 g/mol. The van der Waals surface area contributed by atoms with E-state index in [4.69, 9.17) is 14.2 Å². The van der Waals surface area contributed by atoms with Gasteiger partial charge in [0.25, 0.3) is 0 Å². The Bertz CT molecular complexity index is 648. The second-order valence-corrected chi connectivity index (χ2v) is 5.42. The van der Waals surface area contributed by atoms with E-state index in [9.17, 15) is 24.8 Å². The molecule has 1 amide bonds. The number of nitrogens with zero attached hydrogens (tertiary/aromatic N) is 1. The van der Waals surface area contributed by atoms with Gasteiger partial charge in [-0.2, -0.15) is 0 Å². The van der Waals surface area contributed by atoms with Gasteiger partial charge < -0.3 is 19.3 Å². The first-order chi connectivity index (χ1) is 12.3. The number of hydrogen-bond acceptors (Lipinski definition) is 7. The Kier molecular flexibility index (Phi) is 7.63. The van der Waals surface area contributed by atoms with Crippen molar-refractivity contribution in [1.82, 2.24) is 5.32 Å². The molecule has 1 rings (SSSR count). The van der Waals surface area contributed by atoms with E-state index in [0.29, 0.717) is 23.5 Å². The van der Waals surface area contributed by atoms with E-state index in [0.717, 1.165) is 0 Å². The van der Waals surface area contributed by atoms with Crippen LogP contribution in [0.4, 0.5) is 4.79 Å². The topological polar surface area (TPSA) is 137 Å². The van der Waals surface area contributed by atoms with Gasteiger partial charge in [-0.25, -0.2) is 14.9 Å². The van der Waals surface area contributed by atoms with Crippen LogP contribution < -0.4 is 14.8 Å². The van der Waals surface area contributed by atoms with Gasteiger partial charge in [0.05, 0.1) is 25.6 Å². The van der Waals surface area contributed by atoms with Crippen molar-refractivity contribution in [2.45, 2.75) is 38.5 Å². The highest BCUT2D eigenvalue weighted by Gasteiger charge is 2.53. The van der Waals surface area contributed by atoms with Crippen molar-refractivity contribution in [2.24, 2.45) is 0 Å². The molecule has 0 radical (unpaired) electrons. The number of rotatable bonds is 10. The summed E-state index contributed by atoms with van der Waals surface area (Å²) in [5.41, 5.74) is -2.08. The summed E-state index contributed by atoms with van der Waals surface area (Å²) in [7, 11) is 2.92. The maximum absolute atomic E-state index is 11.9. The minimum absolute atomic E-state index is 0.229. The number of benzene rings is 1. The zero-order valence-corrected chi connectivity index (χ0v) is 14.8. The lowest BCUT2D eigenvalue weighted by Crippen LogP contribution is -2.60. The number of aliphatic carboxylic acids is 1. The van der Waals surface area contributed by atoms with E-state index in [1.807, 2.05) is 5.32 Å². The van der Waals surface area contributed by atoms with Crippen LogP contribution in [-0.2, 0) is 16.1 Å². The van der Waals surface area contributed by atoms with Crippen molar-refractivity contribution in [3.05, 3.63) is 33.9 Å². The SMILES string of the molecule is CCCCC(NC(=O)OCc1ccc(OC)c(OC)c1)(C(=O)O)[N+](=O)[O-]. The standard InChI is InChI=1S/C16H22N2O8/c1-4-5-8-16(14(19)20,18(22)23)17-15(21)26-10-11-6-7-12(24-2)13(9-11)25-3/h6-7,9H,4-5,8,10H2,1-3H3,(H,17,21)(H,19,20). The number of ether oxygens (including phenoxy) is 3. The summed E-state index contributed by atoms with van der Waals surface area (Å²) in [5, 5.41) is 22.4. The van der Waals surface area contributed by atoms with E-state index >= 15 is 0 Å². The van der Waals surface area contributed by atoms with E-state index in [2.05, 4.69) is 0 Å². The minimum Gasteiger partial charge on any atom is -0.493 e. The van der Waals surface area contributed by atoms with Crippen molar-refractivity contribution in [1.29, 1.82) is 0 Å². The highest BCUT2D eigenvalue weighted by atomic mass is 16.6. The molecule has 0 aliphatic heterocycles. The van der Waals surface area contributed by atoms with Gasteiger partial charge in [-0.05, 0) is 24.1 Å². The third-order valence-electron chi connectivity index (χ3n) is 3.68. The lowest BCUT2D eigenvalue weighted by molar-refractivity contribution is -0.561. The molecule has 1 unspecified atom stereocenters. The summed E-state index contributed by atoms with van der Waals surface area (Å²) in [6.45, 7) is 1.52. The molecule has 26 heavy (non-hydrogen) atoms. The van der Waals surface area contributed by atoms with Gasteiger partial charge in [0.15, 0.2) is 11.5 Å². The van der Waals surface area contributed by atoms with Crippen LogP contribution in [-0.4, -0.2) is 42.0 Å². The highest BCUT2D eigenvalue weighted by molar-refractivity contribution is 5.82. The van der Waals surface area contributed by atoms with Crippen LogP contribution in [0.3, 0.4) is 0 Å². The van der Waals surface area contributed by atoms with Crippen LogP contribution in [0.1, 0.15) is 31.7 Å². The Morgan fingerprint density at radius 3 is 2.42 bits per heavy atom. The first-order valence-corrected chi connectivity index (χ1v) is 7.84. The second-order valence-electron chi connectivity index (χ2n) is 5.42. The van der Waals surface area contributed by atoms with Gasteiger partial charge in [-0.1, -0.05) is 19.4 Å². The summed E-state index contributed by atoms with van der Waals surface area (Å²) < 4.78 is 15.1. The van der Waals surface area contributed by atoms with Crippen molar-refractivity contribution in [2.75, 3.05) is 14.2 Å². The van der Waals surface area contributed by atoms with Gasteiger partial charge in [0.1, 0.15) is 6.61 Å². The number of alkyl carbamates (subject to hydrolysis) is 1. The third-order valence-corrected chi connectivity index (χ3v) is 3.68. The molecule has 1 aromatic carbocycles. The molecule has 0 aliphatic rings. The molecule has 2 N–H and O–H groups in total. The minimum atomic E-state index is -2.62. The quantitative estimate of drug-likeness (QED) is 0.363. The molecule has 1 atom stereocenters. The molecule has 1 aromatic rings. The van der Waals surface area contributed by atoms with Crippen LogP contribution in [0.15, 0.2) is 18.2 Å². The van der Waals surface area contributed by atoms with Crippen LogP contribution in [0.5, 0.6) is 11.5 Å². The average Bonchev–Trinajstić information content (AvgIpc) is 2.62. The second kappa shape index (κ2) is 9.44. The number of hydrogen-bond donors (Lipinski definition) is 2. The van der Waals surface area contributed by atoms with Crippen LogP contribution in [0.25, 0.3) is 0 Å². The van der Waals surface area contributed by atoms with Crippen LogP contribution in [0.2, 0.25) is 0 Å². The van der Waals surface area contributed by atoms with Crippen molar-refractivity contribution in [3.63, 3.8) is 0 Å². The molecule has 10 nitrogen and oxygen atoms in total. The Morgan fingerprint density at radius 2 is 1.92 bits per heavy atom. The van der Waals surface area contributed by atoms with E-state index in [1.54, 1.807) is 25.1 Å². The molecule has 10 heteroatoms. The third kappa shape index (κ3) is 4.98. The molecular formula is C16H22N2O8. The Morgan fingerprint density at radius 1 is 1.27 bits per heavy atom. The molecule has 0 saturated heterocycles. The lowest BCUT2D eigenvalue weighted by atomic mass is 10.0. The van der Waals surface area contributed by atoms with E-state index in [1.165, 1.54) is 14.2 Å². The van der Waals surface area contributed by atoms with Crippen LogP contribution in [0, 0.1) is 10.1 Å². The molecule has 0 aromatic heterocycles. The zero-order chi connectivity index (χ0) is 19.7. The summed E-state index contributed by atoms with van der Waals surface area (Å²) in [6.07, 6.45) is -0.763.